The van der Waals surface area contributed by atoms with E-state index in [0.29, 0.717) is 0 Å². The van der Waals surface area contributed by atoms with Gasteiger partial charge >= 0.3 is 0 Å². The number of rotatable bonds is 4. The number of aromatic nitrogens is 1. The number of fused-ring (bicyclic) bond motifs is 1. The number of aliphatic hydroxyl groups excluding tert-OH is 1. The molecule has 4 rings (SSSR count). The largest absolute Gasteiger partial charge is 0.395 e. The molecule has 1 aromatic heterocycles. The summed E-state index contributed by atoms with van der Waals surface area (Å²) in [5.74, 6) is -0.470. The van der Waals surface area contributed by atoms with Crippen LogP contribution in [0, 0.1) is 5.82 Å². The Kier molecular flexibility index (Phi) is 4.08. The summed E-state index contributed by atoms with van der Waals surface area (Å²) in [6, 6.07) is 24.6. The van der Waals surface area contributed by atoms with Crippen LogP contribution in [-0.2, 0) is 0 Å². The van der Waals surface area contributed by atoms with E-state index in [1.54, 1.807) is 12.1 Å². The molecule has 25 heavy (non-hydrogen) atoms. The molecule has 124 valence electrons. The van der Waals surface area contributed by atoms with Gasteiger partial charge in [-0.3, -0.25) is 0 Å². The summed E-state index contributed by atoms with van der Waals surface area (Å²) < 4.78 is 15.4. The molecule has 0 fully saturated rings. The van der Waals surface area contributed by atoms with Crippen molar-refractivity contribution in [3.05, 3.63) is 102 Å². The summed E-state index contributed by atoms with van der Waals surface area (Å²) >= 11 is 0. The van der Waals surface area contributed by atoms with Crippen LogP contribution in [0.3, 0.4) is 0 Å². The first-order chi connectivity index (χ1) is 12.3. The summed E-state index contributed by atoms with van der Waals surface area (Å²) in [5.41, 5.74) is 4.10. The maximum absolute atomic E-state index is 13.3. The molecule has 3 aromatic carbocycles. The maximum Gasteiger partial charge on any atom is 0.123 e. The van der Waals surface area contributed by atoms with Gasteiger partial charge in [-0.15, -0.1) is 0 Å². The van der Waals surface area contributed by atoms with Gasteiger partial charge in [-0.1, -0.05) is 48.5 Å². The molecule has 0 aliphatic rings. The van der Waals surface area contributed by atoms with E-state index in [-0.39, 0.29) is 18.3 Å². The van der Waals surface area contributed by atoms with Crippen LogP contribution in [0.1, 0.15) is 17.0 Å². The molecule has 1 atom stereocenters. The first kappa shape index (κ1) is 15.6. The molecule has 0 saturated heterocycles. The highest BCUT2D eigenvalue weighted by Gasteiger charge is 2.19. The van der Waals surface area contributed by atoms with Crippen molar-refractivity contribution >= 4 is 10.9 Å². The van der Waals surface area contributed by atoms with Gasteiger partial charge in [0.25, 0.3) is 0 Å². The highest BCUT2D eigenvalue weighted by atomic mass is 19.1. The highest BCUT2D eigenvalue weighted by Crippen LogP contribution is 2.33. The highest BCUT2D eigenvalue weighted by molar-refractivity contribution is 5.86. The van der Waals surface area contributed by atoms with Crippen LogP contribution in [0.5, 0.6) is 0 Å². The van der Waals surface area contributed by atoms with Crippen LogP contribution >= 0.6 is 0 Å². The Morgan fingerprint density at radius 2 is 1.52 bits per heavy atom. The number of hydrogen-bond donors (Lipinski definition) is 1. The zero-order valence-electron chi connectivity index (χ0n) is 13.6. The van der Waals surface area contributed by atoms with E-state index in [9.17, 15) is 9.50 Å². The lowest BCUT2D eigenvalue weighted by atomic mass is 9.92. The summed E-state index contributed by atoms with van der Waals surface area (Å²) in [6.07, 6.45) is 2.07. The van der Waals surface area contributed by atoms with Crippen LogP contribution in [-0.4, -0.2) is 16.3 Å². The normalized spacial score (nSPS) is 12.4. The molecule has 1 N–H and O–H groups in total. The van der Waals surface area contributed by atoms with E-state index in [1.807, 2.05) is 30.3 Å². The minimum atomic E-state index is -0.271. The number of hydrogen-bond acceptors (Lipinski definition) is 1. The van der Waals surface area contributed by atoms with E-state index in [4.69, 9.17) is 0 Å². The van der Waals surface area contributed by atoms with Crippen molar-refractivity contribution in [1.82, 2.24) is 4.57 Å². The van der Waals surface area contributed by atoms with Crippen molar-refractivity contribution < 1.29 is 9.50 Å². The molecule has 0 aliphatic carbocycles. The second kappa shape index (κ2) is 6.54. The first-order valence-electron chi connectivity index (χ1n) is 8.29. The van der Waals surface area contributed by atoms with Crippen LogP contribution in [0.4, 0.5) is 4.39 Å². The van der Waals surface area contributed by atoms with Crippen LogP contribution in [0.25, 0.3) is 16.6 Å². The predicted molar refractivity (Wildman–Crippen MR) is 98.6 cm³/mol. The molecule has 0 radical (unpaired) electrons. The molecule has 0 saturated carbocycles. The van der Waals surface area contributed by atoms with Crippen LogP contribution in [0.2, 0.25) is 0 Å². The molecule has 1 heterocycles. The molecule has 0 bridgehead atoms. The molecule has 1 unspecified atom stereocenters. The van der Waals surface area contributed by atoms with Crippen molar-refractivity contribution in [2.45, 2.75) is 5.92 Å². The molecule has 0 spiro atoms. The van der Waals surface area contributed by atoms with Gasteiger partial charge in [0.1, 0.15) is 5.82 Å². The number of para-hydroxylation sites is 2. The van der Waals surface area contributed by atoms with Crippen LogP contribution < -0.4 is 0 Å². The number of halogens is 1. The molecule has 0 amide bonds. The van der Waals surface area contributed by atoms with Crippen molar-refractivity contribution in [2.24, 2.45) is 0 Å². The quantitative estimate of drug-likeness (QED) is 0.566. The van der Waals surface area contributed by atoms with Crippen molar-refractivity contribution in [1.29, 1.82) is 0 Å². The second-order valence-electron chi connectivity index (χ2n) is 6.09. The SMILES string of the molecule is OCC(c1ccc(F)cc1)c1cn(-c2ccccc2)c2ccccc12. The Bertz CT molecular complexity index is 990. The average Bonchev–Trinajstić information content (AvgIpc) is 3.04. The predicted octanol–water partition coefficient (Wildman–Crippen LogP) is 4.89. The molecule has 2 nitrogen and oxygen atoms in total. The smallest absolute Gasteiger partial charge is 0.123 e. The lowest BCUT2D eigenvalue weighted by molar-refractivity contribution is 0.281. The number of nitrogens with zero attached hydrogens (tertiary/aromatic N) is 1. The monoisotopic (exact) mass is 331 g/mol. The van der Waals surface area contributed by atoms with E-state index >= 15 is 0 Å². The third-order valence-electron chi connectivity index (χ3n) is 4.61. The van der Waals surface area contributed by atoms with Gasteiger partial charge in [-0.05, 0) is 41.5 Å². The van der Waals surface area contributed by atoms with Gasteiger partial charge in [0, 0.05) is 23.2 Å². The van der Waals surface area contributed by atoms with Crippen LogP contribution in [0.15, 0.2) is 85.1 Å². The molecular formula is C22H18FNO. The van der Waals surface area contributed by atoms with Gasteiger partial charge in [0.05, 0.1) is 12.1 Å². The Labute approximate surface area is 145 Å². The van der Waals surface area contributed by atoms with E-state index in [0.717, 1.165) is 27.7 Å². The van der Waals surface area contributed by atoms with Crippen molar-refractivity contribution in [3.63, 3.8) is 0 Å². The van der Waals surface area contributed by atoms with Gasteiger partial charge < -0.3 is 9.67 Å². The van der Waals surface area contributed by atoms with Gasteiger partial charge in [-0.2, -0.15) is 0 Å². The summed E-state index contributed by atoms with van der Waals surface area (Å²) in [6.45, 7) is -0.0333. The lowest BCUT2D eigenvalue weighted by Crippen LogP contribution is -2.05. The third kappa shape index (κ3) is 2.83. The van der Waals surface area contributed by atoms with E-state index in [2.05, 4.69) is 35.0 Å². The van der Waals surface area contributed by atoms with Gasteiger partial charge in [0.2, 0.25) is 0 Å². The van der Waals surface area contributed by atoms with Crippen molar-refractivity contribution in [3.8, 4) is 5.69 Å². The van der Waals surface area contributed by atoms with E-state index in [1.165, 1.54) is 12.1 Å². The lowest BCUT2D eigenvalue weighted by Gasteiger charge is -2.14. The Morgan fingerprint density at radius 3 is 2.24 bits per heavy atom. The zero-order chi connectivity index (χ0) is 17.2. The minimum absolute atomic E-state index is 0.0333. The fraction of sp³-hybridized carbons (Fsp3) is 0.0909. The van der Waals surface area contributed by atoms with Gasteiger partial charge in [-0.25, -0.2) is 4.39 Å². The fourth-order valence-electron chi connectivity index (χ4n) is 3.36. The molecule has 4 aromatic rings. The second-order valence-corrected chi connectivity index (χ2v) is 6.09. The third-order valence-corrected chi connectivity index (χ3v) is 4.61. The minimum Gasteiger partial charge on any atom is -0.395 e. The number of aliphatic hydroxyl groups is 1. The topological polar surface area (TPSA) is 25.2 Å². The van der Waals surface area contributed by atoms with E-state index < -0.39 is 0 Å². The average molecular weight is 331 g/mol. The fourth-order valence-corrected chi connectivity index (χ4v) is 3.36. The van der Waals surface area contributed by atoms with Gasteiger partial charge in [0.15, 0.2) is 0 Å². The zero-order valence-corrected chi connectivity index (χ0v) is 13.6. The molecule has 0 aliphatic heterocycles. The Hall–Kier alpha value is -2.91. The van der Waals surface area contributed by atoms with Crippen molar-refractivity contribution in [2.75, 3.05) is 6.61 Å². The Morgan fingerprint density at radius 1 is 0.840 bits per heavy atom. The Balaban J connectivity index is 1.91. The number of benzene rings is 3. The standard InChI is InChI=1S/C22H18FNO/c23-17-12-10-16(11-13-17)21(15-25)20-14-24(18-6-2-1-3-7-18)22-9-5-4-8-19(20)22/h1-14,21,25H,15H2. The molecular weight excluding hydrogens is 313 g/mol. The maximum atomic E-state index is 13.3. The summed E-state index contributed by atoms with van der Waals surface area (Å²) in [7, 11) is 0. The first-order valence-corrected chi connectivity index (χ1v) is 8.29. The molecule has 3 heteroatoms. The summed E-state index contributed by atoms with van der Waals surface area (Å²) in [5, 5.41) is 11.1. The summed E-state index contributed by atoms with van der Waals surface area (Å²) in [4.78, 5) is 0.